The summed E-state index contributed by atoms with van der Waals surface area (Å²) in [4.78, 5) is 0. The first kappa shape index (κ1) is 19.2. The molecule has 0 heterocycles. The molecule has 0 spiro atoms. The molecule has 2 aliphatic carbocycles. The predicted octanol–water partition coefficient (Wildman–Crippen LogP) is 6.36. The van der Waals surface area contributed by atoms with Crippen molar-refractivity contribution in [2.75, 3.05) is 14.2 Å². The summed E-state index contributed by atoms with van der Waals surface area (Å²) in [7, 11) is 18.5. The monoisotopic (exact) mass is 568 g/mol. The molecular formula is C22H22Cl2HfO2. The van der Waals surface area contributed by atoms with Crippen molar-refractivity contribution < 1.29 is 25.1 Å². The number of ether oxygens (including phenoxy) is 2. The molecule has 140 valence electrons. The minimum absolute atomic E-state index is 0.0407. The molecule has 0 aliphatic heterocycles. The SMILES string of the molecule is C[CH]=[Hf]([Cl])([Cl])([CH]1C=Cc2cc(OC)ccc21)[CH]1C=Cc2cc(OC)ccc21. The predicted molar refractivity (Wildman–Crippen MR) is 113 cm³/mol. The summed E-state index contributed by atoms with van der Waals surface area (Å²) in [5, 5.41) is 0. The maximum absolute atomic E-state index is 7.56. The van der Waals surface area contributed by atoms with Crippen molar-refractivity contribution in [3.8, 4) is 11.5 Å². The Bertz CT molecular complexity index is 971. The fourth-order valence-electron chi connectivity index (χ4n) is 4.34. The van der Waals surface area contributed by atoms with Gasteiger partial charge in [0.1, 0.15) is 0 Å². The zero-order chi connectivity index (χ0) is 19.3. The molecule has 2 atom stereocenters. The molecule has 0 fully saturated rings. The summed E-state index contributed by atoms with van der Waals surface area (Å²) in [5.41, 5.74) is 4.68. The first-order valence-corrected chi connectivity index (χ1v) is 24.1. The molecule has 0 amide bonds. The second kappa shape index (κ2) is 6.72. The van der Waals surface area contributed by atoms with Crippen LogP contribution in [0.25, 0.3) is 12.2 Å². The van der Waals surface area contributed by atoms with Gasteiger partial charge in [-0.1, -0.05) is 0 Å². The Morgan fingerprint density at radius 2 is 1.26 bits per heavy atom. The van der Waals surface area contributed by atoms with Gasteiger partial charge in [0, 0.05) is 0 Å². The summed E-state index contributed by atoms with van der Waals surface area (Å²) in [5.74, 6) is 1.69. The average molecular weight is 568 g/mol. The number of allylic oxidation sites excluding steroid dienone is 2. The van der Waals surface area contributed by atoms with E-state index in [1.165, 1.54) is 11.1 Å². The van der Waals surface area contributed by atoms with Crippen molar-refractivity contribution in [2.24, 2.45) is 0 Å². The Balaban J connectivity index is 1.84. The third-order valence-corrected chi connectivity index (χ3v) is 33.3. The van der Waals surface area contributed by atoms with E-state index in [9.17, 15) is 0 Å². The van der Waals surface area contributed by atoms with Crippen LogP contribution in [0, 0.1) is 0 Å². The van der Waals surface area contributed by atoms with Gasteiger partial charge in [-0.15, -0.1) is 0 Å². The van der Waals surface area contributed by atoms with Gasteiger partial charge in [-0.2, -0.15) is 0 Å². The number of fused-ring (bicyclic) bond motifs is 2. The summed E-state index contributed by atoms with van der Waals surface area (Å²) in [6.07, 6.45) is 8.63. The normalized spacial score (nSPS) is 20.4. The van der Waals surface area contributed by atoms with Gasteiger partial charge >= 0.3 is 169 Å². The van der Waals surface area contributed by atoms with E-state index in [-0.39, 0.29) is 7.35 Å². The second-order valence-electron chi connectivity index (χ2n) is 7.18. The van der Waals surface area contributed by atoms with Crippen molar-refractivity contribution in [1.82, 2.24) is 0 Å². The van der Waals surface area contributed by atoms with E-state index >= 15 is 0 Å². The third kappa shape index (κ3) is 2.90. The number of benzene rings is 2. The van der Waals surface area contributed by atoms with Crippen LogP contribution in [0.1, 0.15) is 36.5 Å². The van der Waals surface area contributed by atoms with Crippen molar-refractivity contribution in [3.63, 3.8) is 0 Å². The molecule has 0 saturated carbocycles. The molecule has 2 aromatic rings. The number of hydrogen-bond donors (Lipinski definition) is 0. The zero-order valence-corrected chi connectivity index (χ0v) is 20.7. The van der Waals surface area contributed by atoms with Crippen LogP contribution in [-0.4, -0.2) is 18.0 Å². The molecule has 27 heavy (non-hydrogen) atoms. The van der Waals surface area contributed by atoms with Crippen LogP contribution in [0.2, 0.25) is 0 Å². The van der Waals surface area contributed by atoms with Crippen molar-refractivity contribution >= 4 is 33.1 Å². The Labute approximate surface area is 168 Å². The molecular weight excluding hydrogens is 546 g/mol. The molecule has 0 bridgehead atoms. The maximum atomic E-state index is 7.56. The quantitative estimate of drug-likeness (QED) is 0.401. The third-order valence-electron chi connectivity index (χ3n) is 5.93. The first-order valence-electron chi connectivity index (χ1n) is 9.01. The molecule has 2 aliphatic rings. The standard InChI is InChI=1S/2C10H9O.C2H4.2ClH.Hf/c2*1-11-10-6-5-8-3-2-4-9(8)7-10;1-2;;;/h2*2-7H,1H3;1H,2H3;2*1H;/q;;;;;+2/p-2. The number of halogens is 2. The molecule has 0 saturated heterocycles. The van der Waals surface area contributed by atoms with Crippen LogP contribution >= 0.6 is 17.2 Å². The van der Waals surface area contributed by atoms with Crippen LogP contribution < -0.4 is 9.47 Å². The molecule has 2 unspecified atom stereocenters. The van der Waals surface area contributed by atoms with Gasteiger partial charge in [-0.05, 0) is 0 Å². The molecule has 2 aromatic carbocycles. The first-order chi connectivity index (χ1) is 12.9. The van der Waals surface area contributed by atoms with Crippen LogP contribution in [-0.2, 0) is 15.7 Å². The van der Waals surface area contributed by atoms with Gasteiger partial charge in [-0.3, -0.25) is 0 Å². The average Bonchev–Trinajstić information content (AvgIpc) is 3.32. The second-order valence-corrected chi connectivity index (χ2v) is 37.9. The molecule has 5 heteroatoms. The summed E-state index contributed by atoms with van der Waals surface area (Å²) in [6.45, 7) is 2.03. The van der Waals surface area contributed by atoms with Gasteiger partial charge in [0.2, 0.25) is 0 Å². The molecule has 0 aromatic heterocycles. The molecule has 2 nitrogen and oxygen atoms in total. The summed E-state index contributed by atoms with van der Waals surface area (Å²) in [6, 6.07) is 12.3. The van der Waals surface area contributed by atoms with E-state index in [0.717, 1.165) is 22.6 Å². The Morgan fingerprint density at radius 3 is 1.63 bits per heavy atom. The van der Waals surface area contributed by atoms with Crippen molar-refractivity contribution in [3.05, 3.63) is 70.8 Å². The zero-order valence-electron chi connectivity index (χ0n) is 15.6. The number of rotatable bonds is 4. The number of hydrogen-bond acceptors (Lipinski definition) is 2. The van der Waals surface area contributed by atoms with Crippen molar-refractivity contribution in [2.45, 2.75) is 14.3 Å². The Morgan fingerprint density at radius 1 is 0.815 bits per heavy atom. The fraction of sp³-hybridized carbons (Fsp3) is 0.227. The van der Waals surface area contributed by atoms with Gasteiger partial charge in [0.15, 0.2) is 0 Å². The van der Waals surface area contributed by atoms with Crippen LogP contribution in [0.5, 0.6) is 11.5 Å². The summed E-state index contributed by atoms with van der Waals surface area (Å²) < 4.78 is 13.0. The molecule has 0 radical (unpaired) electrons. The van der Waals surface area contributed by atoms with E-state index in [0.29, 0.717) is 0 Å². The van der Waals surface area contributed by atoms with Crippen LogP contribution in [0.3, 0.4) is 0 Å². The molecule has 4 rings (SSSR count). The topological polar surface area (TPSA) is 18.5 Å². The Kier molecular flexibility index (Phi) is 4.77. The number of methoxy groups -OCH3 is 2. The van der Waals surface area contributed by atoms with Crippen LogP contribution in [0.15, 0.2) is 48.6 Å². The Hall–Kier alpha value is -1.16. The van der Waals surface area contributed by atoms with Crippen molar-refractivity contribution in [1.29, 1.82) is 0 Å². The van der Waals surface area contributed by atoms with Gasteiger partial charge < -0.3 is 0 Å². The van der Waals surface area contributed by atoms with E-state index < -0.39 is 15.7 Å². The van der Waals surface area contributed by atoms with Gasteiger partial charge in [0.05, 0.1) is 0 Å². The van der Waals surface area contributed by atoms with E-state index in [4.69, 9.17) is 26.6 Å². The summed E-state index contributed by atoms with van der Waals surface area (Å²) >= 11 is -4.58. The van der Waals surface area contributed by atoms with Gasteiger partial charge in [-0.25, -0.2) is 0 Å². The van der Waals surface area contributed by atoms with E-state index in [1.807, 2.05) is 19.1 Å². The fourth-order valence-corrected chi connectivity index (χ4v) is 24.0. The van der Waals surface area contributed by atoms with Crippen LogP contribution in [0.4, 0.5) is 0 Å². The van der Waals surface area contributed by atoms with Gasteiger partial charge in [0.25, 0.3) is 0 Å². The minimum atomic E-state index is -4.58. The molecule has 0 N–H and O–H groups in total. The van der Waals surface area contributed by atoms with E-state index in [1.54, 1.807) is 14.2 Å². The van der Waals surface area contributed by atoms with E-state index in [2.05, 4.69) is 52.3 Å².